The average molecular weight is 348 g/mol. The lowest BCUT2D eigenvalue weighted by molar-refractivity contribution is -0.346. The number of fused-ring (bicyclic) bond motifs is 1. The van der Waals surface area contributed by atoms with Crippen LogP contribution in [0.15, 0.2) is 12.3 Å². The van der Waals surface area contributed by atoms with Gasteiger partial charge in [0.2, 0.25) is 6.29 Å². The van der Waals surface area contributed by atoms with Gasteiger partial charge in [0.25, 0.3) is 0 Å². The van der Waals surface area contributed by atoms with Gasteiger partial charge in [-0.25, -0.2) is 0 Å². The van der Waals surface area contributed by atoms with Crippen molar-refractivity contribution in [1.29, 1.82) is 0 Å². The molecular weight excluding hydrogens is 324 g/mol. The van der Waals surface area contributed by atoms with Crippen molar-refractivity contribution in [1.82, 2.24) is 0 Å². The standard InChI is InChI=1S/C15H24O9/c1-15(21)4-7(17)6-2-3-22-13(9(6)15)24-14-12(20)11(19)10(18)8(5-16)23-14/h2-3,6-14,16-21H,4-5H2,1H3/t6-,7+,8+,9+,10+,11+,12+,13-,14-,15-/m0/s1. The first-order valence-electron chi connectivity index (χ1n) is 7.95. The van der Waals surface area contributed by atoms with Crippen molar-refractivity contribution in [3.63, 3.8) is 0 Å². The van der Waals surface area contributed by atoms with Crippen LogP contribution < -0.4 is 0 Å². The molecule has 2 aliphatic heterocycles. The molecule has 0 amide bonds. The number of hydrogen-bond acceptors (Lipinski definition) is 9. The van der Waals surface area contributed by atoms with Crippen LogP contribution in [0, 0.1) is 11.8 Å². The molecule has 10 atom stereocenters. The normalized spacial score (nSPS) is 54.4. The van der Waals surface area contributed by atoms with Gasteiger partial charge in [0, 0.05) is 12.3 Å². The average Bonchev–Trinajstić information content (AvgIpc) is 2.78. The lowest BCUT2D eigenvalue weighted by atomic mass is 9.85. The summed E-state index contributed by atoms with van der Waals surface area (Å²) in [6, 6.07) is 0. The third-order valence-electron chi connectivity index (χ3n) is 5.12. The van der Waals surface area contributed by atoms with Gasteiger partial charge < -0.3 is 44.8 Å². The molecule has 0 spiro atoms. The Morgan fingerprint density at radius 1 is 1.12 bits per heavy atom. The summed E-state index contributed by atoms with van der Waals surface area (Å²) in [7, 11) is 0. The predicted molar refractivity (Wildman–Crippen MR) is 77.1 cm³/mol. The van der Waals surface area contributed by atoms with Crippen molar-refractivity contribution in [2.75, 3.05) is 6.61 Å². The highest BCUT2D eigenvalue weighted by atomic mass is 16.8. The second-order valence-electron chi connectivity index (χ2n) is 6.90. The Bertz CT molecular complexity index is 480. The maximum absolute atomic E-state index is 10.5. The van der Waals surface area contributed by atoms with Gasteiger partial charge in [-0.1, -0.05) is 0 Å². The fraction of sp³-hybridized carbons (Fsp3) is 0.867. The minimum atomic E-state index is -1.56. The van der Waals surface area contributed by atoms with Gasteiger partial charge in [0.15, 0.2) is 6.29 Å². The van der Waals surface area contributed by atoms with Gasteiger partial charge in [-0.3, -0.25) is 0 Å². The second kappa shape index (κ2) is 6.50. The number of rotatable bonds is 3. The van der Waals surface area contributed by atoms with E-state index in [1.807, 2.05) is 0 Å². The van der Waals surface area contributed by atoms with E-state index in [4.69, 9.17) is 14.2 Å². The Hall–Kier alpha value is -0.780. The van der Waals surface area contributed by atoms with E-state index in [2.05, 4.69) is 0 Å². The molecule has 0 aromatic rings. The summed E-state index contributed by atoms with van der Waals surface area (Å²) >= 11 is 0. The lowest BCUT2D eigenvalue weighted by Crippen LogP contribution is -2.60. The molecule has 0 aromatic carbocycles. The lowest BCUT2D eigenvalue weighted by Gasteiger charge is -2.43. The van der Waals surface area contributed by atoms with Crippen LogP contribution >= 0.6 is 0 Å². The molecule has 1 saturated heterocycles. The van der Waals surface area contributed by atoms with Gasteiger partial charge in [-0.05, 0) is 13.0 Å². The van der Waals surface area contributed by atoms with Crippen LogP contribution in [0.4, 0.5) is 0 Å². The van der Waals surface area contributed by atoms with Crippen LogP contribution in [0.3, 0.4) is 0 Å². The van der Waals surface area contributed by atoms with Gasteiger partial charge in [0.05, 0.1) is 30.5 Å². The molecule has 0 unspecified atom stereocenters. The highest BCUT2D eigenvalue weighted by Gasteiger charge is 2.56. The van der Waals surface area contributed by atoms with Gasteiger partial charge in [-0.2, -0.15) is 0 Å². The predicted octanol–water partition coefficient (Wildman–Crippen LogP) is -2.58. The van der Waals surface area contributed by atoms with E-state index in [0.717, 1.165) is 0 Å². The zero-order valence-corrected chi connectivity index (χ0v) is 13.2. The first-order valence-corrected chi connectivity index (χ1v) is 7.95. The minimum Gasteiger partial charge on any atom is -0.472 e. The highest BCUT2D eigenvalue weighted by Crippen LogP contribution is 2.46. The molecule has 0 aromatic heterocycles. The Balaban J connectivity index is 1.76. The largest absolute Gasteiger partial charge is 0.472 e. The Kier molecular flexibility index (Phi) is 4.89. The monoisotopic (exact) mass is 348 g/mol. The van der Waals surface area contributed by atoms with E-state index in [1.54, 1.807) is 13.0 Å². The van der Waals surface area contributed by atoms with Gasteiger partial charge >= 0.3 is 0 Å². The Morgan fingerprint density at radius 2 is 1.83 bits per heavy atom. The summed E-state index contributed by atoms with van der Waals surface area (Å²) in [4.78, 5) is 0. The smallest absolute Gasteiger partial charge is 0.207 e. The zero-order valence-electron chi connectivity index (χ0n) is 13.2. The second-order valence-corrected chi connectivity index (χ2v) is 6.90. The summed E-state index contributed by atoms with van der Waals surface area (Å²) < 4.78 is 16.3. The zero-order chi connectivity index (χ0) is 17.6. The fourth-order valence-corrected chi connectivity index (χ4v) is 3.80. The van der Waals surface area contributed by atoms with Gasteiger partial charge in [0.1, 0.15) is 24.4 Å². The Morgan fingerprint density at radius 3 is 2.50 bits per heavy atom. The molecule has 3 aliphatic rings. The van der Waals surface area contributed by atoms with Crippen LogP contribution in [0.25, 0.3) is 0 Å². The number of hydrogen-bond donors (Lipinski definition) is 6. The van der Waals surface area contributed by atoms with E-state index >= 15 is 0 Å². The van der Waals surface area contributed by atoms with Gasteiger partial charge in [-0.15, -0.1) is 0 Å². The van der Waals surface area contributed by atoms with Crippen molar-refractivity contribution in [3.05, 3.63) is 12.3 Å². The summed E-state index contributed by atoms with van der Waals surface area (Å²) in [5.74, 6) is -0.992. The van der Waals surface area contributed by atoms with Crippen LogP contribution in [-0.2, 0) is 14.2 Å². The molecule has 9 heteroatoms. The van der Waals surface area contributed by atoms with Crippen molar-refractivity contribution in [3.8, 4) is 0 Å². The highest BCUT2D eigenvalue weighted by molar-refractivity contribution is 5.10. The summed E-state index contributed by atoms with van der Waals surface area (Å²) in [5.41, 5.74) is -1.26. The third kappa shape index (κ3) is 2.95. The summed E-state index contributed by atoms with van der Waals surface area (Å²) in [6.07, 6.45) is -5.74. The molecule has 2 heterocycles. The molecule has 6 N–H and O–H groups in total. The molecule has 1 aliphatic carbocycles. The molecular formula is C15H24O9. The molecule has 1 saturated carbocycles. The van der Waals surface area contributed by atoms with Crippen LogP contribution in [0.5, 0.6) is 0 Å². The van der Waals surface area contributed by atoms with Crippen LogP contribution in [0.2, 0.25) is 0 Å². The Labute approximate surface area is 138 Å². The molecule has 0 bridgehead atoms. The third-order valence-corrected chi connectivity index (χ3v) is 5.12. The summed E-state index contributed by atoms with van der Waals surface area (Å²) in [6.45, 7) is 0.992. The minimum absolute atomic E-state index is 0.143. The van der Waals surface area contributed by atoms with E-state index in [0.29, 0.717) is 0 Å². The van der Waals surface area contributed by atoms with Crippen molar-refractivity contribution in [2.45, 2.75) is 62.0 Å². The number of aliphatic hydroxyl groups is 6. The molecule has 0 radical (unpaired) electrons. The molecule has 138 valence electrons. The number of ether oxygens (including phenoxy) is 3. The van der Waals surface area contributed by atoms with Crippen molar-refractivity contribution >= 4 is 0 Å². The molecule has 3 rings (SSSR count). The number of aliphatic hydroxyl groups excluding tert-OH is 5. The maximum Gasteiger partial charge on any atom is 0.207 e. The van der Waals surface area contributed by atoms with Crippen LogP contribution in [0.1, 0.15) is 13.3 Å². The SMILES string of the molecule is C[C@]1(O)C[C@@H](O)[C@@H]2C=CO[C@@H](O[C@@H]3O[C@H](CO)[C@@H](O)[C@@H](O)[C@H]3O)[C@@H]21. The quantitative estimate of drug-likeness (QED) is 0.323. The van der Waals surface area contributed by atoms with E-state index in [1.165, 1.54) is 6.26 Å². The topological polar surface area (TPSA) is 149 Å². The first kappa shape index (κ1) is 18.0. The fourth-order valence-electron chi connectivity index (χ4n) is 3.80. The maximum atomic E-state index is 10.5. The molecule has 2 fully saturated rings. The van der Waals surface area contributed by atoms with E-state index in [-0.39, 0.29) is 12.3 Å². The first-order chi connectivity index (χ1) is 11.3. The van der Waals surface area contributed by atoms with E-state index < -0.39 is 61.2 Å². The van der Waals surface area contributed by atoms with E-state index in [9.17, 15) is 30.6 Å². The molecule has 24 heavy (non-hydrogen) atoms. The van der Waals surface area contributed by atoms with Crippen LogP contribution in [-0.4, -0.2) is 85.9 Å². The summed E-state index contributed by atoms with van der Waals surface area (Å²) in [5, 5.41) is 59.5. The van der Waals surface area contributed by atoms with Crippen molar-refractivity contribution in [2.24, 2.45) is 11.8 Å². The van der Waals surface area contributed by atoms with Crippen molar-refractivity contribution < 1.29 is 44.8 Å². The molecule has 9 nitrogen and oxygen atoms in total.